The number of pyridine rings is 1. The van der Waals surface area contributed by atoms with Crippen LogP contribution in [0.3, 0.4) is 0 Å². The highest BCUT2D eigenvalue weighted by molar-refractivity contribution is 6.07. The molecule has 0 unspecified atom stereocenters. The number of carbonyl (C=O) groups is 2. The fraction of sp³-hybridized carbons (Fsp3) is 0.136. The Morgan fingerprint density at radius 3 is 2.36 bits per heavy atom. The summed E-state index contributed by atoms with van der Waals surface area (Å²) in [6.45, 7) is 2.36. The summed E-state index contributed by atoms with van der Waals surface area (Å²) in [6.07, 6.45) is 0. The van der Waals surface area contributed by atoms with Crippen LogP contribution in [0.4, 0.5) is 11.4 Å². The number of hydrogen-bond donors (Lipinski definition) is 1. The van der Waals surface area contributed by atoms with Gasteiger partial charge in [0, 0.05) is 12.7 Å². The van der Waals surface area contributed by atoms with E-state index in [1.807, 2.05) is 43.3 Å². The van der Waals surface area contributed by atoms with Crippen molar-refractivity contribution in [3.8, 4) is 5.75 Å². The van der Waals surface area contributed by atoms with Crippen LogP contribution in [0.2, 0.25) is 0 Å². The maximum atomic E-state index is 12.7. The number of amides is 2. The Morgan fingerprint density at radius 2 is 1.61 bits per heavy atom. The summed E-state index contributed by atoms with van der Waals surface area (Å²) in [5.74, 6) is -0.130. The maximum absolute atomic E-state index is 12.7. The van der Waals surface area contributed by atoms with Crippen molar-refractivity contribution in [3.63, 3.8) is 0 Å². The van der Waals surface area contributed by atoms with Gasteiger partial charge in [-0.25, -0.2) is 4.98 Å². The predicted molar refractivity (Wildman–Crippen MR) is 109 cm³/mol. The SMILES string of the molecule is CCOc1ccccc1NC(=O)c1cccc(C(=O)N(C)c2ccccc2)n1. The van der Waals surface area contributed by atoms with Gasteiger partial charge in [0.2, 0.25) is 0 Å². The number of nitrogens with one attached hydrogen (secondary N) is 1. The Hall–Kier alpha value is -3.67. The van der Waals surface area contributed by atoms with E-state index in [0.717, 1.165) is 5.69 Å². The van der Waals surface area contributed by atoms with Crippen molar-refractivity contribution in [1.82, 2.24) is 4.98 Å². The van der Waals surface area contributed by atoms with Crippen molar-refractivity contribution in [1.29, 1.82) is 0 Å². The molecule has 0 aliphatic heterocycles. The quantitative estimate of drug-likeness (QED) is 0.707. The number of ether oxygens (including phenoxy) is 1. The highest BCUT2D eigenvalue weighted by atomic mass is 16.5. The molecule has 0 saturated heterocycles. The first kappa shape index (κ1) is 19.1. The monoisotopic (exact) mass is 375 g/mol. The predicted octanol–water partition coefficient (Wildman–Crippen LogP) is 4.01. The highest BCUT2D eigenvalue weighted by Crippen LogP contribution is 2.24. The van der Waals surface area contributed by atoms with Crippen molar-refractivity contribution in [3.05, 3.63) is 84.2 Å². The molecule has 0 atom stereocenters. The second-order valence-electron chi connectivity index (χ2n) is 5.99. The van der Waals surface area contributed by atoms with Gasteiger partial charge in [-0.3, -0.25) is 9.59 Å². The minimum Gasteiger partial charge on any atom is -0.492 e. The lowest BCUT2D eigenvalue weighted by molar-refractivity contribution is 0.0988. The van der Waals surface area contributed by atoms with Crippen molar-refractivity contribution >= 4 is 23.2 Å². The minimum atomic E-state index is -0.413. The van der Waals surface area contributed by atoms with Crippen LogP contribution in [-0.2, 0) is 0 Å². The number of para-hydroxylation sites is 3. The lowest BCUT2D eigenvalue weighted by atomic mass is 10.2. The molecular formula is C22H21N3O3. The van der Waals surface area contributed by atoms with E-state index in [0.29, 0.717) is 18.0 Å². The molecule has 6 nitrogen and oxygen atoms in total. The lowest BCUT2D eigenvalue weighted by Crippen LogP contribution is -2.27. The number of rotatable bonds is 6. The number of carbonyl (C=O) groups excluding carboxylic acids is 2. The molecule has 2 amide bonds. The number of hydrogen-bond acceptors (Lipinski definition) is 4. The molecule has 0 spiro atoms. The summed E-state index contributed by atoms with van der Waals surface area (Å²) in [7, 11) is 1.67. The van der Waals surface area contributed by atoms with Gasteiger partial charge in [-0.2, -0.15) is 0 Å². The summed E-state index contributed by atoms with van der Waals surface area (Å²) in [6, 6.07) is 21.2. The third-order valence-corrected chi connectivity index (χ3v) is 4.08. The van der Waals surface area contributed by atoms with Crippen LogP contribution in [0.1, 0.15) is 27.9 Å². The third kappa shape index (κ3) is 4.35. The lowest BCUT2D eigenvalue weighted by Gasteiger charge is -2.17. The molecule has 1 aromatic heterocycles. The summed E-state index contributed by atoms with van der Waals surface area (Å²) in [5, 5.41) is 2.79. The van der Waals surface area contributed by atoms with E-state index in [1.165, 1.54) is 4.90 Å². The van der Waals surface area contributed by atoms with Crippen molar-refractivity contribution < 1.29 is 14.3 Å². The van der Waals surface area contributed by atoms with Gasteiger partial charge in [0.1, 0.15) is 17.1 Å². The molecule has 0 aliphatic rings. The Labute approximate surface area is 163 Å². The Balaban J connectivity index is 1.79. The maximum Gasteiger partial charge on any atom is 0.276 e. The molecular weight excluding hydrogens is 354 g/mol. The average Bonchev–Trinajstić information content (AvgIpc) is 2.75. The van der Waals surface area contributed by atoms with E-state index < -0.39 is 5.91 Å². The minimum absolute atomic E-state index is 0.151. The smallest absolute Gasteiger partial charge is 0.276 e. The molecule has 2 aromatic carbocycles. The van der Waals surface area contributed by atoms with E-state index in [2.05, 4.69) is 10.3 Å². The fourth-order valence-electron chi connectivity index (χ4n) is 2.66. The molecule has 6 heteroatoms. The van der Waals surface area contributed by atoms with E-state index >= 15 is 0 Å². The molecule has 0 bridgehead atoms. The molecule has 0 saturated carbocycles. The fourth-order valence-corrected chi connectivity index (χ4v) is 2.66. The average molecular weight is 375 g/mol. The zero-order valence-corrected chi connectivity index (χ0v) is 15.8. The standard InChI is InChI=1S/C22H21N3O3/c1-3-28-20-15-8-7-12-17(20)24-21(26)18-13-9-14-19(23-18)22(27)25(2)16-10-5-4-6-11-16/h4-15H,3H2,1-2H3,(H,24,26). The molecule has 1 N–H and O–H groups in total. The van der Waals surface area contributed by atoms with Crippen LogP contribution >= 0.6 is 0 Å². The molecule has 3 rings (SSSR count). The summed E-state index contributed by atoms with van der Waals surface area (Å²) in [5.41, 5.74) is 1.64. The van der Waals surface area contributed by atoms with Crippen LogP contribution in [0.15, 0.2) is 72.8 Å². The van der Waals surface area contributed by atoms with Gasteiger partial charge in [0.25, 0.3) is 11.8 Å². The molecule has 0 aliphatic carbocycles. The highest BCUT2D eigenvalue weighted by Gasteiger charge is 2.17. The van der Waals surface area contributed by atoms with Gasteiger partial charge >= 0.3 is 0 Å². The molecule has 1 heterocycles. The van der Waals surface area contributed by atoms with Crippen molar-refractivity contribution in [2.75, 3.05) is 23.9 Å². The van der Waals surface area contributed by atoms with Crippen LogP contribution < -0.4 is 15.0 Å². The summed E-state index contributed by atoms with van der Waals surface area (Å²) in [4.78, 5) is 31.1. The van der Waals surface area contributed by atoms with Gasteiger partial charge < -0.3 is 15.0 Å². The first-order valence-electron chi connectivity index (χ1n) is 8.93. The topological polar surface area (TPSA) is 71.5 Å². The number of aromatic nitrogens is 1. The Morgan fingerprint density at radius 1 is 0.929 bits per heavy atom. The number of nitrogens with zero attached hydrogens (tertiary/aromatic N) is 2. The molecule has 142 valence electrons. The van der Waals surface area contributed by atoms with Crippen molar-refractivity contribution in [2.24, 2.45) is 0 Å². The van der Waals surface area contributed by atoms with Gasteiger partial charge in [-0.1, -0.05) is 36.4 Å². The van der Waals surface area contributed by atoms with Gasteiger partial charge in [0.15, 0.2) is 0 Å². The van der Waals surface area contributed by atoms with E-state index in [1.54, 1.807) is 43.4 Å². The zero-order chi connectivity index (χ0) is 19.9. The van der Waals surface area contributed by atoms with Crippen LogP contribution in [0.25, 0.3) is 0 Å². The summed E-state index contributed by atoms with van der Waals surface area (Å²) < 4.78 is 5.52. The molecule has 3 aromatic rings. The number of anilines is 2. The van der Waals surface area contributed by atoms with Gasteiger partial charge in [0.05, 0.1) is 12.3 Å². The van der Waals surface area contributed by atoms with Gasteiger partial charge in [-0.15, -0.1) is 0 Å². The second-order valence-corrected chi connectivity index (χ2v) is 5.99. The van der Waals surface area contributed by atoms with E-state index in [9.17, 15) is 9.59 Å². The first-order valence-corrected chi connectivity index (χ1v) is 8.93. The normalized spacial score (nSPS) is 10.2. The third-order valence-electron chi connectivity index (χ3n) is 4.08. The number of benzene rings is 2. The zero-order valence-electron chi connectivity index (χ0n) is 15.8. The Kier molecular flexibility index (Phi) is 6.01. The Bertz CT molecular complexity index is 974. The van der Waals surface area contributed by atoms with Gasteiger partial charge in [-0.05, 0) is 43.3 Å². The van der Waals surface area contributed by atoms with Crippen LogP contribution in [-0.4, -0.2) is 30.5 Å². The molecule has 0 radical (unpaired) electrons. The molecule has 0 fully saturated rings. The van der Waals surface area contributed by atoms with Crippen LogP contribution in [0.5, 0.6) is 5.75 Å². The van der Waals surface area contributed by atoms with E-state index in [4.69, 9.17) is 4.74 Å². The largest absolute Gasteiger partial charge is 0.492 e. The van der Waals surface area contributed by atoms with Crippen molar-refractivity contribution in [2.45, 2.75) is 6.92 Å². The summed E-state index contributed by atoms with van der Waals surface area (Å²) >= 11 is 0. The van der Waals surface area contributed by atoms with Crippen LogP contribution in [0, 0.1) is 0 Å². The second kappa shape index (κ2) is 8.81. The molecule has 28 heavy (non-hydrogen) atoms. The first-order chi connectivity index (χ1) is 13.6. The van der Waals surface area contributed by atoms with E-state index in [-0.39, 0.29) is 17.3 Å².